The van der Waals surface area contributed by atoms with Gasteiger partial charge in [0.25, 0.3) is 0 Å². The van der Waals surface area contributed by atoms with Crippen LogP contribution in [-0.2, 0) is 12.8 Å². The summed E-state index contributed by atoms with van der Waals surface area (Å²) in [5.74, 6) is 0.672. The van der Waals surface area contributed by atoms with Gasteiger partial charge in [-0.3, -0.25) is 4.79 Å². The molecule has 0 aliphatic heterocycles. The minimum Gasteiger partial charge on any atom is -0.496 e. The van der Waals surface area contributed by atoms with Crippen molar-refractivity contribution in [1.82, 2.24) is 0 Å². The number of hydrogen-bond donors (Lipinski definition) is 0. The molecule has 3 rings (SSSR count). The summed E-state index contributed by atoms with van der Waals surface area (Å²) in [5.41, 5.74) is 4.10. The lowest BCUT2D eigenvalue weighted by atomic mass is 9.99. The molecule has 0 bridgehead atoms. The number of methoxy groups -OCH3 is 1. The molecule has 1 aliphatic carbocycles. The van der Waals surface area contributed by atoms with Crippen LogP contribution in [0.1, 0.15) is 33.5 Å². The Morgan fingerprint density at radius 1 is 1.10 bits per heavy atom. The Hall–Kier alpha value is -1.36. The van der Waals surface area contributed by atoms with Crippen molar-refractivity contribution in [2.45, 2.75) is 19.3 Å². The first-order chi connectivity index (χ1) is 9.69. The van der Waals surface area contributed by atoms with Crippen molar-refractivity contribution in [3.63, 3.8) is 0 Å². The van der Waals surface area contributed by atoms with Crippen molar-refractivity contribution in [3.8, 4) is 5.75 Å². The van der Waals surface area contributed by atoms with Gasteiger partial charge in [0.15, 0.2) is 5.78 Å². The SMILES string of the molecule is COc1ccc(I)cc1C(=O)c1ccc2c(c1)CCC2. The fourth-order valence-corrected chi connectivity index (χ4v) is 3.22. The van der Waals surface area contributed by atoms with Gasteiger partial charge >= 0.3 is 0 Å². The van der Waals surface area contributed by atoms with Crippen LogP contribution in [0.2, 0.25) is 0 Å². The standard InChI is InChI=1S/C17H15IO2/c1-20-16-8-7-14(18)10-15(16)17(19)13-6-5-11-3-2-4-12(11)9-13/h5-10H,2-4H2,1H3. The van der Waals surface area contributed by atoms with Crippen LogP contribution in [0.15, 0.2) is 36.4 Å². The van der Waals surface area contributed by atoms with Crippen molar-refractivity contribution in [2.75, 3.05) is 7.11 Å². The van der Waals surface area contributed by atoms with Crippen LogP contribution in [0.25, 0.3) is 0 Å². The second kappa shape index (κ2) is 5.56. The molecule has 0 aromatic heterocycles. The minimum atomic E-state index is 0.0371. The predicted molar refractivity (Wildman–Crippen MR) is 87.6 cm³/mol. The first-order valence-electron chi connectivity index (χ1n) is 6.69. The van der Waals surface area contributed by atoms with E-state index >= 15 is 0 Å². The average Bonchev–Trinajstić information content (AvgIpc) is 2.93. The van der Waals surface area contributed by atoms with E-state index in [2.05, 4.69) is 28.7 Å². The lowest BCUT2D eigenvalue weighted by Crippen LogP contribution is -2.05. The highest BCUT2D eigenvalue weighted by molar-refractivity contribution is 14.1. The molecule has 2 nitrogen and oxygen atoms in total. The number of ketones is 1. The number of rotatable bonds is 3. The van der Waals surface area contributed by atoms with Crippen LogP contribution >= 0.6 is 22.6 Å². The number of aryl methyl sites for hydroxylation is 2. The van der Waals surface area contributed by atoms with Gasteiger partial charge in [0.1, 0.15) is 5.75 Å². The van der Waals surface area contributed by atoms with E-state index in [0.29, 0.717) is 11.3 Å². The van der Waals surface area contributed by atoms with E-state index in [4.69, 9.17) is 4.74 Å². The highest BCUT2D eigenvalue weighted by atomic mass is 127. The molecule has 0 spiro atoms. The zero-order valence-corrected chi connectivity index (χ0v) is 13.4. The van der Waals surface area contributed by atoms with E-state index in [1.165, 1.54) is 17.5 Å². The Bertz CT molecular complexity index is 677. The molecule has 0 radical (unpaired) electrons. The summed E-state index contributed by atoms with van der Waals surface area (Å²) >= 11 is 2.21. The first kappa shape index (κ1) is 13.6. The number of halogens is 1. The lowest BCUT2D eigenvalue weighted by Gasteiger charge is -2.09. The first-order valence-corrected chi connectivity index (χ1v) is 7.77. The number of benzene rings is 2. The van der Waals surface area contributed by atoms with E-state index < -0.39 is 0 Å². The summed E-state index contributed by atoms with van der Waals surface area (Å²) in [6.07, 6.45) is 3.41. The average molecular weight is 378 g/mol. The molecule has 0 N–H and O–H groups in total. The summed E-state index contributed by atoms with van der Waals surface area (Å²) in [4.78, 5) is 12.7. The van der Waals surface area contributed by atoms with E-state index in [1.807, 2.05) is 30.3 Å². The maximum absolute atomic E-state index is 12.7. The van der Waals surface area contributed by atoms with Gasteiger partial charge in [-0.1, -0.05) is 12.1 Å². The summed E-state index contributed by atoms with van der Waals surface area (Å²) in [5, 5.41) is 0. The fraction of sp³-hybridized carbons (Fsp3) is 0.235. The highest BCUT2D eigenvalue weighted by Gasteiger charge is 2.18. The third-order valence-corrected chi connectivity index (χ3v) is 4.44. The Balaban J connectivity index is 2.02. The van der Waals surface area contributed by atoms with Crippen molar-refractivity contribution in [1.29, 1.82) is 0 Å². The topological polar surface area (TPSA) is 26.3 Å². The number of carbonyl (C=O) groups is 1. The van der Waals surface area contributed by atoms with E-state index in [-0.39, 0.29) is 5.78 Å². The van der Waals surface area contributed by atoms with Gasteiger partial charge in [-0.2, -0.15) is 0 Å². The van der Waals surface area contributed by atoms with Crippen LogP contribution in [0.4, 0.5) is 0 Å². The molecule has 0 saturated carbocycles. The maximum atomic E-state index is 12.7. The van der Waals surface area contributed by atoms with Crippen LogP contribution in [0, 0.1) is 3.57 Å². The van der Waals surface area contributed by atoms with E-state index in [0.717, 1.165) is 22.0 Å². The quantitative estimate of drug-likeness (QED) is 0.596. The van der Waals surface area contributed by atoms with Crippen LogP contribution in [0.3, 0.4) is 0 Å². The van der Waals surface area contributed by atoms with Crippen molar-refractivity contribution in [2.24, 2.45) is 0 Å². The predicted octanol–water partition coefficient (Wildman–Crippen LogP) is 4.02. The van der Waals surface area contributed by atoms with Crippen molar-refractivity contribution >= 4 is 28.4 Å². The molecule has 2 aromatic carbocycles. The molecular weight excluding hydrogens is 363 g/mol. The van der Waals surface area contributed by atoms with Crippen molar-refractivity contribution in [3.05, 3.63) is 62.2 Å². The molecule has 2 aromatic rings. The molecule has 0 atom stereocenters. The fourth-order valence-electron chi connectivity index (χ4n) is 2.73. The van der Waals surface area contributed by atoms with Crippen LogP contribution in [0.5, 0.6) is 5.75 Å². The van der Waals surface area contributed by atoms with Gasteiger partial charge in [-0.15, -0.1) is 0 Å². The van der Waals surface area contributed by atoms with Gasteiger partial charge in [0.2, 0.25) is 0 Å². The minimum absolute atomic E-state index is 0.0371. The number of ether oxygens (including phenoxy) is 1. The molecule has 0 heterocycles. The Morgan fingerprint density at radius 3 is 2.70 bits per heavy atom. The molecule has 0 saturated heterocycles. The van der Waals surface area contributed by atoms with Gasteiger partial charge in [0, 0.05) is 9.13 Å². The van der Waals surface area contributed by atoms with E-state index in [9.17, 15) is 4.79 Å². The normalized spacial score (nSPS) is 13.1. The summed E-state index contributed by atoms with van der Waals surface area (Å²) < 4.78 is 6.35. The molecule has 1 aliphatic rings. The van der Waals surface area contributed by atoms with Gasteiger partial charge in [-0.05, 0) is 77.2 Å². The largest absolute Gasteiger partial charge is 0.496 e. The van der Waals surface area contributed by atoms with Gasteiger partial charge in [0.05, 0.1) is 12.7 Å². The molecule has 0 unspecified atom stereocenters. The number of fused-ring (bicyclic) bond motifs is 1. The highest BCUT2D eigenvalue weighted by Crippen LogP contribution is 2.27. The monoisotopic (exact) mass is 378 g/mol. The third kappa shape index (κ3) is 2.46. The van der Waals surface area contributed by atoms with Crippen LogP contribution < -0.4 is 4.74 Å². The third-order valence-electron chi connectivity index (χ3n) is 3.77. The van der Waals surface area contributed by atoms with Gasteiger partial charge < -0.3 is 4.74 Å². The second-order valence-corrected chi connectivity index (χ2v) is 6.26. The summed E-state index contributed by atoms with van der Waals surface area (Å²) in [6.45, 7) is 0. The number of carbonyl (C=O) groups excluding carboxylic acids is 1. The lowest BCUT2D eigenvalue weighted by molar-refractivity contribution is 0.103. The molecule has 0 fully saturated rings. The smallest absolute Gasteiger partial charge is 0.196 e. The van der Waals surface area contributed by atoms with E-state index in [1.54, 1.807) is 7.11 Å². The zero-order chi connectivity index (χ0) is 14.1. The summed E-state index contributed by atoms with van der Waals surface area (Å²) in [7, 11) is 1.60. The Labute approximate surface area is 132 Å². The number of hydrogen-bond acceptors (Lipinski definition) is 2. The zero-order valence-electron chi connectivity index (χ0n) is 11.3. The van der Waals surface area contributed by atoms with Crippen molar-refractivity contribution < 1.29 is 9.53 Å². The molecule has 102 valence electrons. The second-order valence-electron chi connectivity index (χ2n) is 5.01. The molecular formula is C17H15IO2. The van der Waals surface area contributed by atoms with Gasteiger partial charge in [-0.25, -0.2) is 0 Å². The summed E-state index contributed by atoms with van der Waals surface area (Å²) in [6, 6.07) is 11.8. The maximum Gasteiger partial charge on any atom is 0.196 e. The Kier molecular flexibility index (Phi) is 3.78. The molecule has 3 heteroatoms. The molecule has 20 heavy (non-hydrogen) atoms. The Morgan fingerprint density at radius 2 is 1.90 bits per heavy atom. The molecule has 0 amide bonds. The van der Waals surface area contributed by atoms with Crippen LogP contribution in [-0.4, -0.2) is 12.9 Å².